The third-order valence-electron chi connectivity index (χ3n) is 3.21. The zero-order valence-electron chi connectivity index (χ0n) is 10.8. The minimum absolute atomic E-state index is 0.248. The van der Waals surface area contributed by atoms with Crippen LogP contribution in [0.1, 0.15) is 11.1 Å². The molecular weight excluding hydrogens is 281 g/mol. The summed E-state index contributed by atoms with van der Waals surface area (Å²) in [6.07, 6.45) is -4.70. The standard InChI is InChI=1S/C15H11F3N2O/c16-15(17,18)21-12-3-1-2-9(6-12)10-4-5-11-8-20-14(19)13(11)7-10/h1-7H,8H2,(H2,19,20). The molecule has 0 bridgehead atoms. The lowest BCUT2D eigenvalue weighted by Gasteiger charge is -2.11. The Morgan fingerprint density at radius 1 is 1.05 bits per heavy atom. The number of hydrogen-bond acceptors (Lipinski definition) is 3. The summed E-state index contributed by atoms with van der Waals surface area (Å²) in [4.78, 5) is 4.13. The Balaban J connectivity index is 1.96. The smallest absolute Gasteiger partial charge is 0.406 e. The van der Waals surface area contributed by atoms with Crippen LogP contribution in [0.3, 0.4) is 0 Å². The summed E-state index contributed by atoms with van der Waals surface area (Å²) in [6, 6.07) is 11.4. The number of aliphatic imine (C=N–C) groups is 1. The largest absolute Gasteiger partial charge is 0.573 e. The molecule has 0 atom stereocenters. The minimum Gasteiger partial charge on any atom is -0.406 e. The summed E-state index contributed by atoms with van der Waals surface area (Å²) in [7, 11) is 0. The monoisotopic (exact) mass is 292 g/mol. The van der Waals surface area contributed by atoms with Gasteiger partial charge in [0.15, 0.2) is 0 Å². The van der Waals surface area contributed by atoms with Crippen molar-refractivity contribution < 1.29 is 17.9 Å². The summed E-state index contributed by atoms with van der Waals surface area (Å²) < 4.78 is 40.7. The number of benzene rings is 2. The van der Waals surface area contributed by atoms with Crippen LogP contribution in [-0.2, 0) is 6.54 Å². The number of nitrogens with zero attached hydrogens (tertiary/aromatic N) is 1. The first kappa shape index (κ1) is 13.5. The second-order valence-corrected chi connectivity index (χ2v) is 4.65. The zero-order valence-corrected chi connectivity index (χ0v) is 10.8. The van der Waals surface area contributed by atoms with Crippen LogP contribution in [-0.4, -0.2) is 12.2 Å². The number of rotatable bonds is 2. The van der Waals surface area contributed by atoms with E-state index in [1.807, 2.05) is 18.2 Å². The first-order chi connectivity index (χ1) is 9.92. The molecule has 0 saturated heterocycles. The first-order valence-electron chi connectivity index (χ1n) is 6.22. The van der Waals surface area contributed by atoms with Crippen molar-refractivity contribution in [3.8, 4) is 16.9 Å². The van der Waals surface area contributed by atoms with Crippen LogP contribution >= 0.6 is 0 Å². The van der Waals surface area contributed by atoms with Crippen LogP contribution in [0.4, 0.5) is 13.2 Å². The second kappa shape index (κ2) is 4.80. The van der Waals surface area contributed by atoms with Crippen LogP contribution < -0.4 is 10.5 Å². The van der Waals surface area contributed by atoms with Gasteiger partial charge in [-0.2, -0.15) is 0 Å². The number of hydrogen-bond donors (Lipinski definition) is 1. The van der Waals surface area contributed by atoms with Gasteiger partial charge in [-0.3, -0.25) is 4.99 Å². The molecule has 2 N–H and O–H groups in total. The molecule has 108 valence electrons. The maximum Gasteiger partial charge on any atom is 0.573 e. The predicted octanol–water partition coefficient (Wildman–Crippen LogP) is 3.47. The van der Waals surface area contributed by atoms with Gasteiger partial charge in [0, 0.05) is 5.56 Å². The average Bonchev–Trinajstić information content (AvgIpc) is 2.78. The highest BCUT2D eigenvalue weighted by Crippen LogP contribution is 2.30. The lowest BCUT2D eigenvalue weighted by atomic mass is 10.00. The molecule has 21 heavy (non-hydrogen) atoms. The Labute approximate surface area is 118 Å². The molecule has 0 aromatic heterocycles. The molecule has 0 amide bonds. The van der Waals surface area contributed by atoms with Gasteiger partial charge in [0.2, 0.25) is 0 Å². The van der Waals surface area contributed by atoms with Crippen molar-refractivity contribution in [3.63, 3.8) is 0 Å². The van der Waals surface area contributed by atoms with Gasteiger partial charge in [-0.15, -0.1) is 13.2 Å². The molecule has 3 nitrogen and oxygen atoms in total. The lowest BCUT2D eigenvalue weighted by Crippen LogP contribution is -2.17. The molecule has 1 aliphatic rings. The van der Waals surface area contributed by atoms with Crippen molar-refractivity contribution in [2.45, 2.75) is 12.9 Å². The quantitative estimate of drug-likeness (QED) is 0.921. The van der Waals surface area contributed by atoms with Crippen molar-refractivity contribution in [2.75, 3.05) is 0 Å². The van der Waals surface area contributed by atoms with E-state index in [-0.39, 0.29) is 5.75 Å². The fourth-order valence-electron chi connectivity index (χ4n) is 2.26. The molecule has 0 spiro atoms. The van der Waals surface area contributed by atoms with E-state index >= 15 is 0 Å². The number of halogens is 3. The number of ether oxygens (including phenoxy) is 1. The van der Waals surface area contributed by atoms with Gasteiger partial charge in [-0.1, -0.05) is 24.3 Å². The molecule has 0 radical (unpaired) electrons. The molecule has 0 unspecified atom stereocenters. The summed E-state index contributed by atoms with van der Waals surface area (Å²) in [6.45, 7) is 0.540. The van der Waals surface area contributed by atoms with Crippen LogP contribution in [0.2, 0.25) is 0 Å². The third-order valence-corrected chi connectivity index (χ3v) is 3.21. The Kier molecular flexibility index (Phi) is 3.08. The molecule has 0 fully saturated rings. The van der Waals surface area contributed by atoms with E-state index in [4.69, 9.17) is 5.73 Å². The third kappa shape index (κ3) is 2.84. The molecule has 0 saturated carbocycles. The maximum absolute atomic E-state index is 12.3. The Bertz CT molecular complexity index is 723. The summed E-state index contributed by atoms with van der Waals surface area (Å²) in [5.41, 5.74) is 9.01. The van der Waals surface area contributed by atoms with Gasteiger partial charge in [-0.25, -0.2) is 0 Å². The molecule has 2 aromatic carbocycles. The normalized spacial score (nSPS) is 13.8. The SMILES string of the molecule is NC1=NCc2ccc(-c3cccc(OC(F)(F)F)c3)cc21. The highest BCUT2D eigenvalue weighted by atomic mass is 19.4. The fraction of sp³-hybridized carbons (Fsp3) is 0.133. The van der Waals surface area contributed by atoms with E-state index in [2.05, 4.69) is 9.73 Å². The Morgan fingerprint density at radius 3 is 2.57 bits per heavy atom. The Hall–Kier alpha value is -2.50. The van der Waals surface area contributed by atoms with Crippen molar-refractivity contribution in [3.05, 3.63) is 53.6 Å². The van der Waals surface area contributed by atoms with Crippen molar-refractivity contribution >= 4 is 5.84 Å². The number of alkyl halides is 3. The molecule has 1 aliphatic heterocycles. The zero-order chi connectivity index (χ0) is 15.0. The van der Waals surface area contributed by atoms with Crippen LogP contribution in [0, 0.1) is 0 Å². The molecule has 6 heteroatoms. The van der Waals surface area contributed by atoms with Gasteiger partial charge in [-0.05, 0) is 34.9 Å². The van der Waals surface area contributed by atoms with Gasteiger partial charge >= 0.3 is 6.36 Å². The summed E-state index contributed by atoms with van der Waals surface area (Å²) in [5, 5.41) is 0. The minimum atomic E-state index is -4.70. The molecule has 0 aliphatic carbocycles. The highest BCUT2D eigenvalue weighted by Gasteiger charge is 2.31. The molecule has 1 heterocycles. The lowest BCUT2D eigenvalue weighted by molar-refractivity contribution is -0.274. The van der Waals surface area contributed by atoms with Crippen molar-refractivity contribution in [2.24, 2.45) is 10.7 Å². The van der Waals surface area contributed by atoms with Gasteiger partial charge in [0.25, 0.3) is 0 Å². The second-order valence-electron chi connectivity index (χ2n) is 4.65. The first-order valence-corrected chi connectivity index (χ1v) is 6.22. The highest BCUT2D eigenvalue weighted by molar-refractivity contribution is 6.01. The number of fused-ring (bicyclic) bond motifs is 1. The van der Waals surface area contributed by atoms with Gasteiger partial charge in [0.05, 0.1) is 6.54 Å². The van der Waals surface area contributed by atoms with E-state index in [0.717, 1.165) is 16.7 Å². The molecule has 3 rings (SSSR count). The number of amidine groups is 1. The predicted molar refractivity (Wildman–Crippen MR) is 73.0 cm³/mol. The topological polar surface area (TPSA) is 47.6 Å². The maximum atomic E-state index is 12.3. The van der Waals surface area contributed by atoms with E-state index in [1.165, 1.54) is 18.2 Å². The molecule has 2 aromatic rings. The van der Waals surface area contributed by atoms with E-state index in [0.29, 0.717) is 17.9 Å². The van der Waals surface area contributed by atoms with E-state index < -0.39 is 6.36 Å². The molecular formula is C15H11F3N2O. The van der Waals surface area contributed by atoms with E-state index in [1.54, 1.807) is 6.07 Å². The average molecular weight is 292 g/mol. The van der Waals surface area contributed by atoms with Crippen molar-refractivity contribution in [1.29, 1.82) is 0 Å². The van der Waals surface area contributed by atoms with Crippen LogP contribution in [0.15, 0.2) is 47.5 Å². The summed E-state index contributed by atoms with van der Waals surface area (Å²) in [5.74, 6) is 0.205. The Morgan fingerprint density at radius 2 is 1.81 bits per heavy atom. The van der Waals surface area contributed by atoms with E-state index in [9.17, 15) is 13.2 Å². The van der Waals surface area contributed by atoms with Crippen LogP contribution in [0.25, 0.3) is 11.1 Å². The fourth-order valence-corrected chi connectivity index (χ4v) is 2.26. The van der Waals surface area contributed by atoms with Crippen LogP contribution in [0.5, 0.6) is 5.75 Å². The van der Waals surface area contributed by atoms with Crippen molar-refractivity contribution in [1.82, 2.24) is 0 Å². The van der Waals surface area contributed by atoms with Gasteiger partial charge < -0.3 is 10.5 Å². The van der Waals surface area contributed by atoms with Gasteiger partial charge in [0.1, 0.15) is 11.6 Å². The number of nitrogens with two attached hydrogens (primary N) is 1. The summed E-state index contributed by atoms with van der Waals surface area (Å²) >= 11 is 0.